The summed E-state index contributed by atoms with van der Waals surface area (Å²) in [6, 6.07) is 22.1. The summed E-state index contributed by atoms with van der Waals surface area (Å²) in [4.78, 5) is 0. The second kappa shape index (κ2) is 8.12. The van der Waals surface area contributed by atoms with Gasteiger partial charge in [-0.1, -0.05) is 60.2 Å². The molecule has 0 heterocycles. The van der Waals surface area contributed by atoms with Crippen molar-refractivity contribution in [1.29, 1.82) is 0 Å². The maximum Gasteiger partial charge on any atom is 0.416 e. The quantitative estimate of drug-likeness (QED) is 0.132. The van der Waals surface area contributed by atoms with E-state index in [2.05, 4.69) is 0 Å². The third-order valence-electron chi connectivity index (χ3n) is 6.90. The molecule has 0 spiro atoms. The summed E-state index contributed by atoms with van der Waals surface area (Å²) < 4.78 is 87.0. The van der Waals surface area contributed by atoms with Crippen molar-refractivity contribution in [2.24, 2.45) is 0 Å². The minimum absolute atomic E-state index is 0.0842. The van der Waals surface area contributed by atoms with Gasteiger partial charge >= 0.3 is 6.18 Å². The van der Waals surface area contributed by atoms with Crippen molar-refractivity contribution in [2.75, 3.05) is 0 Å². The topological polar surface area (TPSA) is 17.1 Å². The van der Waals surface area contributed by atoms with Gasteiger partial charge in [0.05, 0.1) is 16.2 Å². The van der Waals surface area contributed by atoms with Gasteiger partial charge in [-0.05, 0) is 75.6 Å². The summed E-state index contributed by atoms with van der Waals surface area (Å²) in [6.07, 6.45) is -4.80. The van der Waals surface area contributed by atoms with Crippen LogP contribution in [-0.4, -0.2) is 0 Å². The molecule has 1 unspecified atom stereocenters. The molecule has 6 rings (SSSR count). The predicted molar refractivity (Wildman–Crippen MR) is 139 cm³/mol. The number of hydrogen-bond donors (Lipinski definition) is 0. The van der Waals surface area contributed by atoms with Crippen LogP contribution in [0.3, 0.4) is 0 Å². The fourth-order valence-corrected chi connectivity index (χ4v) is 8.22. The van der Waals surface area contributed by atoms with E-state index in [9.17, 15) is 13.2 Å². The Balaban J connectivity index is 1.80. The van der Waals surface area contributed by atoms with Gasteiger partial charge in [-0.15, -0.1) is 0 Å². The Kier molecular flexibility index (Phi) is 5.19. The maximum absolute atomic E-state index is 15.4. The Morgan fingerprint density at radius 2 is 1.19 bits per heavy atom. The summed E-state index contributed by atoms with van der Waals surface area (Å²) in [5, 5.41) is 3.85. The van der Waals surface area contributed by atoms with E-state index < -0.39 is 35.8 Å². The first-order chi connectivity index (χ1) is 17.6. The van der Waals surface area contributed by atoms with Gasteiger partial charge in [-0.2, -0.15) is 13.2 Å². The van der Waals surface area contributed by atoms with Gasteiger partial charge < -0.3 is 4.57 Å². The number of aryl methyl sites for hydroxylation is 1. The Morgan fingerprint density at radius 3 is 1.86 bits per heavy atom. The van der Waals surface area contributed by atoms with Crippen molar-refractivity contribution in [3.8, 4) is 0 Å². The fourth-order valence-electron chi connectivity index (χ4n) is 5.18. The van der Waals surface area contributed by atoms with Crippen LogP contribution in [0.25, 0.3) is 32.3 Å². The van der Waals surface area contributed by atoms with E-state index in [1.165, 1.54) is 18.2 Å². The number of rotatable bonds is 3. The van der Waals surface area contributed by atoms with Crippen molar-refractivity contribution in [3.63, 3.8) is 0 Å². The zero-order valence-electron chi connectivity index (χ0n) is 19.4. The number of halogens is 5. The van der Waals surface area contributed by atoms with Crippen molar-refractivity contribution in [2.45, 2.75) is 13.1 Å². The molecule has 6 aromatic rings. The maximum atomic E-state index is 15.4. The van der Waals surface area contributed by atoms with Crippen LogP contribution in [0.1, 0.15) is 11.1 Å². The van der Waals surface area contributed by atoms with Gasteiger partial charge in [0.2, 0.25) is 0 Å². The first-order valence-corrected chi connectivity index (χ1v) is 13.2. The molecule has 0 saturated heterocycles. The zero-order chi connectivity index (χ0) is 26.1. The summed E-state index contributed by atoms with van der Waals surface area (Å²) in [6.45, 7) is 1.65. The summed E-state index contributed by atoms with van der Waals surface area (Å²) in [7, 11) is -4.48. The number of benzene rings is 6. The molecule has 1 atom stereocenters. The lowest BCUT2D eigenvalue weighted by molar-refractivity contribution is -0.137. The highest BCUT2D eigenvalue weighted by atomic mass is 31.2. The molecule has 184 valence electrons. The van der Waals surface area contributed by atoms with E-state index in [1.807, 2.05) is 36.4 Å². The molecule has 1 nitrogen and oxygen atoms in total. The standard InChI is InChI=1S/C30H18F5OP/c1-17-5-12-23(31)26(15-17)37(36,27-16-21(30(33,34)35)10-13-24(27)32)25-14-9-20-7-6-18-3-2-4-19-8-11-22(25)29(20)28(18)19/h2-16H,1H3. The Labute approximate surface area is 208 Å². The minimum Gasteiger partial charge on any atom is -0.308 e. The molecule has 37 heavy (non-hydrogen) atoms. The van der Waals surface area contributed by atoms with Crippen LogP contribution in [0.4, 0.5) is 22.0 Å². The Hall–Kier alpha value is -3.76. The summed E-state index contributed by atoms with van der Waals surface area (Å²) in [5.41, 5.74) is -0.614. The van der Waals surface area contributed by atoms with Gasteiger partial charge in [0.1, 0.15) is 11.6 Å². The molecule has 7 heteroatoms. The molecular formula is C30H18F5OP. The van der Waals surface area contributed by atoms with E-state index in [0.717, 1.165) is 33.0 Å². The average molecular weight is 520 g/mol. The lowest BCUT2D eigenvalue weighted by Crippen LogP contribution is -2.30. The molecule has 0 aliphatic heterocycles. The molecule has 0 saturated carbocycles. The van der Waals surface area contributed by atoms with Crippen LogP contribution in [0, 0.1) is 18.6 Å². The molecule has 0 radical (unpaired) electrons. The van der Waals surface area contributed by atoms with E-state index in [0.29, 0.717) is 29.1 Å². The smallest absolute Gasteiger partial charge is 0.308 e. The van der Waals surface area contributed by atoms with E-state index >= 15 is 13.3 Å². The minimum atomic E-state index is -4.80. The average Bonchev–Trinajstić information content (AvgIpc) is 2.87. The van der Waals surface area contributed by atoms with Crippen molar-refractivity contribution < 1.29 is 26.5 Å². The van der Waals surface area contributed by atoms with E-state index in [1.54, 1.807) is 19.1 Å². The van der Waals surface area contributed by atoms with E-state index in [4.69, 9.17) is 0 Å². The zero-order valence-corrected chi connectivity index (χ0v) is 20.3. The Bertz CT molecular complexity index is 1870. The monoisotopic (exact) mass is 520 g/mol. The molecule has 0 N–H and O–H groups in total. The molecule has 0 aromatic heterocycles. The number of alkyl halides is 3. The molecule has 0 aliphatic carbocycles. The van der Waals surface area contributed by atoms with Crippen LogP contribution in [0.15, 0.2) is 91.0 Å². The predicted octanol–water partition coefficient (Wildman–Crippen LogP) is 7.83. The summed E-state index contributed by atoms with van der Waals surface area (Å²) >= 11 is 0. The first kappa shape index (κ1) is 23.6. The number of hydrogen-bond acceptors (Lipinski definition) is 1. The third kappa shape index (κ3) is 3.54. The lowest BCUT2D eigenvalue weighted by Gasteiger charge is -2.25. The van der Waals surface area contributed by atoms with Crippen molar-refractivity contribution >= 4 is 55.4 Å². The van der Waals surface area contributed by atoms with Gasteiger partial charge in [0.15, 0.2) is 7.14 Å². The third-order valence-corrected chi connectivity index (χ3v) is 10.0. The van der Waals surface area contributed by atoms with Crippen molar-refractivity contribution in [1.82, 2.24) is 0 Å². The first-order valence-electron chi connectivity index (χ1n) is 11.5. The largest absolute Gasteiger partial charge is 0.416 e. The SMILES string of the molecule is Cc1ccc(F)c(P(=O)(c2cc(C(F)(F)F)ccc2F)c2ccc3ccc4cccc5ccc2c3c45)c1. The van der Waals surface area contributed by atoms with E-state index in [-0.39, 0.29) is 10.6 Å². The molecule has 0 aliphatic rings. The fraction of sp³-hybridized carbons (Fsp3) is 0.0667. The molecule has 0 bridgehead atoms. The van der Waals surface area contributed by atoms with Crippen LogP contribution >= 0.6 is 7.14 Å². The summed E-state index contributed by atoms with van der Waals surface area (Å²) in [5.74, 6) is -1.97. The second-order valence-corrected chi connectivity index (χ2v) is 11.8. The van der Waals surface area contributed by atoms with Crippen molar-refractivity contribution in [3.05, 3.63) is 114 Å². The highest BCUT2D eigenvalue weighted by molar-refractivity contribution is 7.85. The second-order valence-electron chi connectivity index (χ2n) is 9.17. The van der Waals surface area contributed by atoms with Gasteiger partial charge in [0, 0.05) is 5.30 Å². The van der Waals surface area contributed by atoms with Crippen LogP contribution in [0.2, 0.25) is 0 Å². The van der Waals surface area contributed by atoms with Crippen LogP contribution in [0.5, 0.6) is 0 Å². The molecule has 6 aromatic carbocycles. The molecule has 0 fully saturated rings. The normalized spacial score (nSPS) is 14.0. The molecule has 0 amide bonds. The van der Waals surface area contributed by atoms with Gasteiger partial charge in [-0.3, -0.25) is 0 Å². The van der Waals surface area contributed by atoms with Crippen LogP contribution in [-0.2, 0) is 10.7 Å². The lowest BCUT2D eigenvalue weighted by atomic mass is 9.94. The van der Waals surface area contributed by atoms with Gasteiger partial charge in [0.25, 0.3) is 0 Å². The van der Waals surface area contributed by atoms with Gasteiger partial charge in [-0.25, -0.2) is 8.78 Å². The molecular weight excluding hydrogens is 502 g/mol. The Morgan fingerprint density at radius 1 is 0.622 bits per heavy atom. The highest BCUT2D eigenvalue weighted by Gasteiger charge is 2.39. The van der Waals surface area contributed by atoms with Crippen LogP contribution < -0.4 is 15.9 Å². The highest BCUT2D eigenvalue weighted by Crippen LogP contribution is 2.48.